The molecule has 0 saturated heterocycles. The van der Waals surface area contributed by atoms with Crippen molar-refractivity contribution >= 4 is 94.6 Å². The van der Waals surface area contributed by atoms with E-state index < -0.39 is 15.6 Å². The van der Waals surface area contributed by atoms with Crippen LogP contribution in [0, 0.1) is 0 Å². The van der Waals surface area contributed by atoms with E-state index in [1.165, 1.54) is 21.7 Å². The van der Waals surface area contributed by atoms with Crippen molar-refractivity contribution in [3.8, 4) is 0 Å². The van der Waals surface area contributed by atoms with Crippen LogP contribution in [0.1, 0.15) is 0 Å². The third-order valence-electron chi connectivity index (χ3n) is 5.45. The minimum atomic E-state index is -6.09. The molecule has 0 spiro atoms. The van der Waals surface area contributed by atoms with Gasteiger partial charge in [0.25, 0.3) is 0 Å². The van der Waals surface area contributed by atoms with E-state index >= 15 is 0 Å². The SMILES string of the molecule is O=S(=O)([O-])C(F)(F)F.[Cu+].c1ccc([Te]c2ccccc2)cc1.c1ccc([Te]c2ccccc2)cc1.c1ccc([Te]c2ccccc2)cc1. The summed E-state index contributed by atoms with van der Waals surface area (Å²) < 4.78 is 67.9. The van der Waals surface area contributed by atoms with Crippen LogP contribution in [0.15, 0.2) is 182 Å². The second-order valence-electron chi connectivity index (χ2n) is 9.08. The van der Waals surface area contributed by atoms with Crippen molar-refractivity contribution in [2.45, 2.75) is 5.51 Å². The number of alkyl halides is 3. The molecule has 3 nitrogen and oxygen atoms in total. The number of hydrogen-bond acceptors (Lipinski definition) is 3. The van der Waals surface area contributed by atoms with Crippen molar-refractivity contribution in [2.75, 3.05) is 0 Å². The second-order valence-corrected chi connectivity index (χ2v) is 20.3. The number of hydrogen-bond donors (Lipinski definition) is 0. The van der Waals surface area contributed by atoms with Crippen LogP contribution in [-0.2, 0) is 27.2 Å². The van der Waals surface area contributed by atoms with E-state index in [1.807, 2.05) is 0 Å². The predicted octanol–water partition coefficient (Wildman–Crippen LogP) is 4.07. The molecule has 11 heteroatoms. The van der Waals surface area contributed by atoms with Crippen LogP contribution in [0.25, 0.3) is 0 Å². The first-order valence-corrected chi connectivity index (χ1v) is 22.4. The molecule has 0 atom stereocenters. The van der Waals surface area contributed by atoms with Gasteiger partial charge in [0, 0.05) is 0 Å². The van der Waals surface area contributed by atoms with Gasteiger partial charge in [-0.3, -0.25) is 0 Å². The summed E-state index contributed by atoms with van der Waals surface area (Å²) in [6.07, 6.45) is 0. The third kappa shape index (κ3) is 18.1. The second kappa shape index (κ2) is 23.3. The quantitative estimate of drug-likeness (QED) is 0.144. The van der Waals surface area contributed by atoms with Gasteiger partial charge in [-0.05, 0) is 0 Å². The predicted molar refractivity (Wildman–Crippen MR) is 189 cm³/mol. The normalized spacial score (nSPS) is 10.3. The summed E-state index contributed by atoms with van der Waals surface area (Å²) in [4.78, 5) is 0. The first-order chi connectivity index (χ1) is 22.6. The van der Waals surface area contributed by atoms with Crippen LogP contribution in [-0.4, -0.2) is 81.2 Å². The van der Waals surface area contributed by atoms with Crippen molar-refractivity contribution in [3.05, 3.63) is 182 Å². The van der Waals surface area contributed by atoms with Crippen molar-refractivity contribution < 1.29 is 43.2 Å². The van der Waals surface area contributed by atoms with E-state index in [-0.39, 0.29) is 79.8 Å². The van der Waals surface area contributed by atoms with E-state index in [9.17, 15) is 13.2 Å². The summed E-state index contributed by atoms with van der Waals surface area (Å²) in [5.41, 5.74) is -5.65. The molecule has 252 valence electrons. The molecule has 48 heavy (non-hydrogen) atoms. The third-order valence-corrected chi connectivity index (χ3v) is 14.7. The Kier molecular flexibility index (Phi) is 20.5. The molecule has 0 bridgehead atoms. The molecule has 0 heterocycles. The zero-order chi connectivity index (χ0) is 33.8. The Bertz CT molecular complexity index is 1490. The van der Waals surface area contributed by atoms with Gasteiger partial charge in [0.2, 0.25) is 0 Å². The Morgan fingerprint density at radius 3 is 0.604 bits per heavy atom. The molecule has 6 aromatic rings. The van der Waals surface area contributed by atoms with Gasteiger partial charge in [0.15, 0.2) is 10.1 Å². The molecular formula is C37H30CuF3O3STe3. The van der Waals surface area contributed by atoms with Gasteiger partial charge in [0.1, 0.15) is 0 Å². The minimum absolute atomic E-state index is 0. The topological polar surface area (TPSA) is 57.2 Å². The Labute approximate surface area is 321 Å². The molecule has 0 unspecified atom stereocenters. The Hall–Kier alpha value is -2.09. The van der Waals surface area contributed by atoms with Crippen LogP contribution < -0.4 is 21.7 Å². The number of benzene rings is 6. The summed E-state index contributed by atoms with van der Waals surface area (Å²) in [6, 6.07) is 64.4. The molecule has 6 aromatic carbocycles. The van der Waals surface area contributed by atoms with Crippen LogP contribution in [0.4, 0.5) is 13.2 Å². The van der Waals surface area contributed by atoms with Crippen LogP contribution in [0.3, 0.4) is 0 Å². The van der Waals surface area contributed by atoms with Crippen molar-refractivity contribution in [2.24, 2.45) is 0 Å². The maximum atomic E-state index is 10.7. The molecule has 0 saturated carbocycles. The molecular weight excluding hydrogens is 1030 g/mol. The van der Waals surface area contributed by atoms with Gasteiger partial charge in [0.05, 0.1) is 0 Å². The standard InChI is InChI=1S/3C12H10Te.CHF3O3S.Cu/c3*1-3-7-11(8-4-1)13-12-9-5-2-6-10-12;2-1(3,4)8(5,6)7;/h3*1-10H;(H,5,6,7);/q;;;;+1/p-1. The Morgan fingerprint density at radius 2 is 0.500 bits per heavy atom. The fourth-order valence-corrected chi connectivity index (χ4v) is 10.7. The van der Waals surface area contributed by atoms with Crippen LogP contribution >= 0.6 is 0 Å². The van der Waals surface area contributed by atoms with E-state index in [2.05, 4.69) is 182 Å². The zero-order valence-corrected chi connectivity index (χ0v) is 33.9. The van der Waals surface area contributed by atoms with Crippen molar-refractivity contribution in [1.82, 2.24) is 0 Å². The van der Waals surface area contributed by atoms with Gasteiger partial charge in [-0.1, -0.05) is 0 Å². The maximum absolute atomic E-state index is 10.7. The monoisotopic (exact) mass is 1060 g/mol. The fourth-order valence-electron chi connectivity index (χ4n) is 3.34. The van der Waals surface area contributed by atoms with Crippen LogP contribution in [0.5, 0.6) is 0 Å². The van der Waals surface area contributed by atoms with Gasteiger partial charge >= 0.3 is 289 Å². The summed E-state index contributed by atoms with van der Waals surface area (Å²) >= 11 is -0.460. The summed E-state index contributed by atoms with van der Waals surface area (Å²) in [5.74, 6) is 0. The van der Waals surface area contributed by atoms with Crippen molar-refractivity contribution in [3.63, 3.8) is 0 Å². The van der Waals surface area contributed by atoms with Gasteiger partial charge in [-0.15, -0.1) is 0 Å². The van der Waals surface area contributed by atoms with Crippen LogP contribution in [0.2, 0.25) is 0 Å². The fraction of sp³-hybridized carbons (Fsp3) is 0.0270. The van der Waals surface area contributed by atoms with E-state index in [0.29, 0.717) is 0 Å². The zero-order valence-electron chi connectivity index (χ0n) is 25.1. The average molecular weight is 1060 g/mol. The first-order valence-electron chi connectivity index (χ1n) is 14.0. The summed E-state index contributed by atoms with van der Waals surface area (Å²) in [7, 11) is -6.09. The number of rotatable bonds is 6. The Morgan fingerprint density at radius 1 is 0.375 bits per heavy atom. The molecule has 0 aliphatic rings. The number of halogens is 3. The molecule has 0 N–H and O–H groups in total. The Balaban J connectivity index is 0.000000225. The molecule has 0 aliphatic carbocycles. The first kappa shape index (κ1) is 42.1. The van der Waals surface area contributed by atoms with Gasteiger partial charge in [-0.25, -0.2) is 8.42 Å². The van der Waals surface area contributed by atoms with E-state index in [0.717, 1.165) is 0 Å². The molecule has 0 fully saturated rings. The molecule has 0 aliphatic heterocycles. The molecule has 0 aromatic heterocycles. The van der Waals surface area contributed by atoms with Crippen molar-refractivity contribution in [1.29, 1.82) is 0 Å². The average Bonchev–Trinajstić information content (AvgIpc) is 3.08. The summed E-state index contributed by atoms with van der Waals surface area (Å²) in [5, 5.41) is 0. The van der Waals surface area contributed by atoms with E-state index in [4.69, 9.17) is 13.0 Å². The van der Waals surface area contributed by atoms with Gasteiger partial charge < -0.3 is 4.55 Å². The molecule has 0 radical (unpaired) electrons. The summed E-state index contributed by atoms with van der Waals surface area (Å²) in [6.45, 7) is 0. The van der Waals surface area contributed by atoms with Gasteiger partial charge in [-0.2, -0.15) is 13.2 Å². The molecule has 0 amide bonds. The van der Waals surface area contributed by atoms with E-state index in [1.54, 1.807) is 0 Å². The molecule has 6 rings (SSSR count).